The molecule has 0 aromatic carbocycles. The molecule has 4 aliphatic carbocycles. The molecular formula is C24H31ClO6. The van der Waals surface area contributed by atoms with Gasteiger partial charge in [0.25, 0.3) is 0 Å². The highest BCUT2D eigenvalue weighted by Crippen LogP contribution is 2.67. The number of halogens is 1. The van der Waals surface area contributed by atoms with Crippen LogP contribution in [0.25, 0.3) is 0 Å². The van der Waals surface area contributed by atoms with Crippen molar-refractivity contribution < 1.29 is 28.5 Å². The Labute approximate surface area is 188 Å². The molecule has 0 aromatic rings. The van der Waals surface area contributed by atoms with Gasteiger partial charge in [0.05, 0.1) is 18.0 Å². The number of aliphatic hydroxyl groups excluding tert-OH is 1. The summed E-state index contributed by atoms with van der Waals surface area (Å²) in [5, 5.41) is 11.5. The molecule has 4 aliphatic rings. The van der Waals surface area contributed by atoms with E-state index in [0.29, 0.717) is 12.8 Å². The number of fused-ring (bicyclic) bond motifs is 5. The Kier molecular flexibility index (Phi) is 5.72. The smallest absolute Gasteiger partial charge is 0.306 e. The van der Waals surface area contributed by atoms with Crippen molar-refractivity contribution in [3.8, 4) is 0 Å². The highest BCUT2D eigenvalue weighted by atomic mass is 35.5. The van der Waals surface area contributed by atoms with Crippen LogP contribution in [0, 0.1) is 28.6 Å². The molecule has 31 heavy (non-hydrogen) atoms. The molecule has 4 rings (SSSR count). The first-order valence-electron chi connectivity index (χ1n) is 11.2. The zero-order valence-electron chi connectivity index (χ0n) is 18.4. The molecule has 7 heteroatoms. The normalized spacial score (nSPS) is 43.5. The second kappa shape index (κ2) is 7.82. The number of esters is 1. The number of rotatable bonds is 5. The molecule has 0 aliphatic heterocycles. The van der Waals surface area contributed by atoms with Gasteiger partial charge in [0.2, 0.25) is 5.78 Å². The maximum absolute atomic E-state index is 13.2. The number of aliphatic hydroxyl groups is 1. The van der Waals surface area contributed by atoms with E-state index in [0.717, 1.165) is 24.8 Å². The largest absolute Gasteiger partial charge is 0.450 e. The topological polar surface area (TPSA) is 89.9 Å². The Morgan fingerprint density at radius 1 is 1.29 bits per heavy atom. The summed E-state index contributed by atoms with van der Waals surface area (Å²) < 4.78 is 10.5. The van der Waals surface area contributed by atoms with E-state index < -0.39 is 23.1 Å². The summed E-state index contributed by atoms with van der Waals surface area (Å²) in [4.78, 5) is 37.6. The van der Waals surface area contributed by atoms with Crippen LogP contribution in [0.5, 0.6) is 0 Å². The summed E-state index contributed by atoms with van der Waals surface area (Å²) in [5.74, 6) is -0.567. The van der Waals surface area contributed by atoms with Gasteiger partial charge in [0, 0.05) is 23.2 Å². The molecule has 6 nitrogen and oxygen atoms in total. The second-order valence-corrected chi connectivity index (χ2v) is 10.3. The number of hydrogen-bond donors (Lipinski definition) is 1. The summed E-state index contributed by atoms with van der Waals surface area (Å²) in [6.45, 7) is 5.44. The first kappa shape index (κ1) is 22.7. The minimum absolute atomic E-state index is 0.000838. The number of carbonyl (C=O) groups is 3. The summed E-state index contributed by atoms with van der Waals surface area (Å²) in [6.07, 6.45) is 7.85. The zero-order valence-corrected chi connectivity index (χ0v) is 19.1. The van der Waals surface area contributed by atoms with Crippen molar-refractivity contribution in [1.29, 1.82) is 0 Å². The molecule has 0 saturated heterocycles. The highest BCUT2D eigenvalue weighted by Gasteiger charge is 2.70. The van der Waals surface area contributed by atoms with Gasteiger partial charge in [0.15, 0.2) is 11.4 Å². The number of Topliss-reactive ketones (excluding diaryl/α,β-unsaturated/α-hetero) is 1. The Hall–Kier alpha value is -1.50. The fourth-order valence-corrected chi connectivity index (χ4v) is 7.53. The van der Waals surface area contributed by atoms with Crippen LogP contribution in [-0.4, -0.2) is 41.0 Å². The molecule has 0 spiro atoms. The number of ether oxygens (including phenoxy) is 1. The Morgan fingerprint density at radius 2 is 2.03 bits per heavy atom. The lowest BCUT2D eigenvalue weighted by molar-refractivity contribution is -0.199. The van der Waals surface area contributed by atoms with E-state index in [2.05, 4.69) is 11.2 Å². The Morgan fingerprint density at radius 3 is 2.71 bits per heavy atom. The number of allylic oxidation sites excluding steroid dienone is 4. The van der Waals surface area contributed by atoms with Crippen molar-refractivity contribution in [2.75, 3.05) is 6.61 Å². The van der Waals surface area contributed by atoms with Crippen molar-refractivity contribution >= 4 is 29.4 Å². The van der Waals surface area contributed by atoms with Crippen molar-refractivity contribution in [2.24, 2.45) is 28.6 Å². The van der Waals surface area contributed by atoms with Crippen molar-refractivity contribution in [3.05, 3.63) is 23.8 Å². The minimum atomic E-state index is -1.35. The van der Waals surface area contributed by atoms with Gasteiger partial charge in [0.1, 0.15) is 6.61 Å². The van der Waals surface area contributed by atoms with E-state index in [1.165, 1.54) is 0 Å². The fraction of sp³-hybridized carbons (Fsp3) is 0.708. The molecule has 7 atom stereocenters. The zero-order chi connectivity index (χ0) is 22.6. The van der Waals surface area contributed by atoms with Gasteiger partial charge in [-0.15, -0.1) is 0 Å². The minimum Gasteiger partial charge on any atom is -0.450 e. The molecule has 1 N–H and O–H groups in total. The van der Waals surface area contributed by atoms with Crippen LogP contribution < -0.4 is 0 Å². The van der Waals surface area contributed by atoms with Crippen LogP contribution in [0.1, 0.15) is 59.3 Å². The van der Waals surface area contributed by atoms with Crippen molar-refractivity contribution in [1.82, 2.24) is 0 Å². The molecule has 3 saturated carbocycles. The standard InChI is InChI=1S/C24H31ClO6/c1-4-20(29)31-24(19(28)13-30-25)10-8-17-16-6-5-14-11-15(26)7-9-22(14,2)21(16)18(27)12-23(17,24)3/h7,9,11,16-18,21,27H,4-6,8,10,12-13H2,1-3H3/t16?,17?,18?,21?,22?,23?,24-/m0/s1. The summed E-state index contributed by atoms with van der Waals surface area (Å²) in [7, 11) is 0. The van der Waals surface area contributed by atoms with Crippen LogP contribution in [-0.2, 0) is 23.4 Å². The Balaban J connectivity index is 1.75. The molecule has 0 bridgehead atoms. The van der Waals surface area contributed by atoms with E-state index >= 15 is 0 Å². The summed E-state index contributed by atoms with van der Waals surface area (Å²) in [5.41, 5.74) is -1.36. The third kappa shape index (κ3) is 3.17. The van der Waals surface area contributed by atoms with E-state index in [-0.39, 0.29) is 47.8 Å². The second-order valence-electron chi connectivity index (χ2n) is 10.1. The van der Waals surface area contributed by atoms with Gasteiger partial charge >= 0.3 is 5.97 Å². The van der Waals surface area contributed by atoms with Crippen LogP contribution in [0.4, 0.5) is 0 Å². The maximum atomic E-state index is 13.2. The third-order valence-electron chi connectivity index (χ3n) is 8.83. The quantitative estimate of drug-likeness (QED) is 0.642. The van der Waals surface area contributed by atoms with Gasteiger partial charge in [-0.25, -0.2) is 0 Å². The average molecular weight is 451 g/mol. The molecule has 0 heterocycles. The maximum Gasteiger partial charge on any atom is 0.306 e. The summed E-state index contributed by atoms with van der Waals surface area (Å²) >= 11 is 5.42. The monoisotopic (exact) mass is 450 g/mol. The van der Waals surface area contributed by atoms with Crippen LogP contribution in [0.2, 0.25) is 0 Å². The molecule has 3 fully saturated rings. The average Bonchev–Trinajstić information content (AvgIpc) is 3.01. The van der Waals surface area contributed by atoms with Crippen molar-refractivity contribution in [3.63, 3.8) is 0 Å². The third-order valence-corrected chi connectivity index (χ3v) is 8.94. The lowest BCUT2D eigenvalue weighted by Crippen LogP contribution is -2.63. The molecule has 0 amide bonds. The van der Waals surface area contributed by atoms with Crippen LogP contribution in [0.15, 0.2) is 23.8 Å². The molecule has 6 unspecified atom stereocenters. The van der Waals surface area contributed by atoms with E-state index in [1.807, 2.05) is 13.0 Å². The predicted octanol–water partition coefficient (Wildman–Crippen LogP) is 3.70. The van der Waals surface area contributed by atoms with E-state index in [4.69, 9.17) is 16.6 Å². The molecule has 170 valence electrons. The van der Waals surface area contributed by atoms with Gasteiger partial charge in [-0.1, -0.05) is 32.4 Å². The van der Waals surface area contributed by atoms with Gasteiger partial charge in [-0.3, -0.25) is 18.7 Å². The lowest BCUT2D eigenvalue weighted by atomic mass is 9.46. The molecule has 0 radical (unpaired) electrons. The number of ketones is 2. The molecular weight excluding hydrogens is 420 g/mol. The lowest BCUT2D eigenvalue weighted by Gasteiger charge is -2.59. The first-order valence-corrected chi connectivity index (χ1v) is 11.5. The fourth-order valence-electron chi connectivity index (χ4n) is 7.43. The van der Waals surface area contributed by atoms with Gasteiger partial charge in [-0.2, -0.15) is 0 Å². The van der Waals surface area contributed by atoms with Gasteiger partial charge < -0.3 is 9.84 Å². The summed E-state index contributed by atoms with van der Waals surface area (Å²) in [6, 6.07) is 0. The number of hydrogen-bond acceptors (Lipinski definition) is 6. The predicted molar refractivity (Wildman–Crippen MR) is 114 cm³/mol. The number of carbonyl (C=O) groups excluding carboxylic acids is 3. The first-order chi connectivity index (χ1) is 14.6. The van der Waals surface area contributed by atoms with Gasteiger partial charge in [-0.05, 0) is 56.1 Å². The SMILES string of the molecule is CCC(=O)O[C@]1(C(=O)COCl)CCC2C3CCC4=CC(=O)C=CC4(C)C3C(O)CC21C. The van der Waals surface area contributed by atoms with Crippen LogP contribution >= 0.6 is 11.9 Å². The Bertz CT molecular complexity index is 864. The van der Waals surface area contributed by atoms with E-state index in [9.17, 15) is 19.5 Å². The van der Waals surface area contributed by atoms with E-state index in [1.54, 1.807) is 19.1 Å². The van der Waals surface area contributed by atoms with Crippen molar-refractivity contribution in [2.45, 2.75) is 71.0 Å². The highest BCUT2D eigenvalue weighted by molar-refractivity contribution is 6.08. The van der Waals surface area contributed by atoms with Crippen LogP contribution in [0.3, 0.4) is 0 Å². The molecule has 0 aromatic heterocycles.